The Hall–Kier alpha value is -1.14. The maximum atomic E-state index is 9.60. The van der Waals surface area contributed by atoms with E-state index in [0.29, 0.717) is 0 Å². The van der Waals surface area contributed by atoms with Gasteiger partial charge in [0.25, 0.3) is 0 Å². The smallest absolute Gasteiger partial charge is 0.211 e. The van der Waals surface area contributed by atoms with Gasteiger partial charge in [-0.05, 0) is 0 Å². The van der Waals surface area contributed by atoms with Gasteiger partial charge >= 0.3 is 0 Å². The van der Waals surface area contributed by atoms with Crippen molar-refractivity contribution in [3.63, 3.8) is 0 Å². The lowest BCUT2D eigenvalue weighted by molar-refractivity contribution is 0.562. The molecule has 2 nitrogen and oxygen atoms in total. The summed E-state index contributed by atoms with van der Waals surface area (Å²) in [6, 6.07) is -0.0486. The first-order valence-electron chi connectivity index (χ1n) is 2.35. The third-order valence-corrected chi connectivity index (χ3v) is 0.929. The van der Waals surface area contributed by atoms with Gasteiger partial charge in [0.05, 0.1) is 6.04 Å². The predicted octanol–water partition coefficient (Wildman–Crippen LogP) is 0.817. The van der Waals surface area contributed by atoms with E-state index in [1.54, 1.807) is 0 Å². The van der Waals surface area contributed by atoms with Crippen molar-refractivity contribution in [3.8, 4) is 0 Å². The molecule has 0 aliphatic heterocycles. The molecule has 1 rings (SSSR count). The van der Waals surface area contributed by atoms with E-state index in [0.717, 1.165) is 0 Å². The van der Waals surface area contributed by atoms with Crippen LogP contribution >= 0.6 is 0 Å². The van der Waals surface area contributed by atoms with E-state index in [-0.39, 0.29) is 6.04 Å². The van der Waals surface area contributed by atoms with Crippen LogP contribution in [0.4, 0.5) is 0 Å². The molecule has 40 valence electrons. The standard InChI is InChI=1S/C6H5NO/c8-5-7-6-3-1-2-4-6/h1-4,6H. The number of rotatable bonds is 1. The molecule has 0 heterocycles. The van der Waals surface area contributed by atoms with Crippen LogP contribution in [0.3, 0.4) is 0 Å². The van der Waals surface area contributed by atoms with Gasteiger partial charge in [0.1, 0.15) is 0 Å². The summed E-state index contributed by atoms with van der Waals surface area (Å²) in [5.41, 5.74) is 0. The van der Waals surface area contributed by atoms with Crippen molar-refractivity contribution in [2.24, 2.45) is 4.99 Å². The molecule has 0 N–H and O–H groups in total. The van der Waals surface area contributed by atoms with Crippen LogP contribution in [0.25, 0.3) is 0 Å². The van der Waals surface area contributed by atoms with Crippen LogP contribution in [0.5, 0.6) is 0 Å². The van der Waals surface area contributed by atoms with E-state index < -0.39 is 0 Å². The first kappa shape index (κ1) is 5.01. The van der Waals surface area contributed by atoms with Crippen molar-refractivity contribution in [1.82, 2.24) is 0 Å². The molecule has 2 heteroatoms. The van der Waals surface area contributed by atoms with Gasteiger partial charge in [0.15, 0.2) is 0 Å². The molecule has 0 radical (unpaired) electrons. The minimum absolute atomic E-state index is 0.0486. The number of nitrogens with zero attached hydrogens (tertiary/aromatic N) is 1. The Kier molecular flexibility index (Phi) is 1.40. The summed E-state index contributed by atoms with van der Waals surface area (Å²) in [5.74, 6) is 0. The Balaban J connectivity index is 2.62. The van der Waals surface area contributed by atoms with E-state index in [1.165, 1.54) is 6.08 Å². The fraction of sp³-hybridized carbons (Fsp3) is 0.167. The number of hydrogen-bond donors (Lipinski definition) is 0. The van der Waals surface area contributed by atoms with Gasteiger partial charge < -0.3 is 0 Å². The first-order chi connectivity index (χ1) is 3.93. The average molecular weight is 107 g/mol. The molecule has 0 spiro atoms. The van der Waals surface area contributed by atoms with E-state index in [4.69, 9.17) is 0 Å². The second-order valence-corrected chi connectivity index (χ2v) is 1.48. The fourth-order valence-electron chi connectivity index (χ4n) is 0.567. The van der Waals surface area contributed by atoms with Crippen LogP contribution in [0.15, 0.2) is 29.3 Å². The topological polar surface area (TPSA) is 29.4 Å². The average Bonchev–Trinajstić information content (AvgIpc) is 2.19. The second kappa shape index (κ2) is 2.24. The van der Waals surface area contributed by atoms with Crippen LogP contribution in [0.2, 0.25) is 0 Å². The Morgan fingerprint density at radius 2 is 2.00 bits per heavy atom. The van der Waals surface area contributed by atoms with Crippen molar-refractivity contribution in [1.29, 1.82) is 0 Å². The molecule has 0 aromatic rings. The Bertz CT molecular complexity index is 163. The van der Waals surface area contributed by atoms with Crippen LogP contribution in [0.1, 0.15) is 0 Å². The molecule has 0 amide bonds. The number of carbonyl (C=O) groups excluding carboxylic acids is 1. The van der Waals surface area contributed by atoms with E-state index >= 15 is 0 Å². The van der Waals surface area contributed by atoms with Crippen molar-refractivity contribution in [3.05, 3.63) is 24.3 Å². The second-order valence-electron chi connectivity index (χ2n) is 1.48. The van der Waals surface area contributed by atoms with Crippen LogP contribution in [-0.2, 0) is 4.79 Å². The van der Waals surface area contributed by atoms with Gasteiger partial charge in [0.2, 0.25) is 6.08 Å². The Morgan fingerprint density at radius 1 is 1.38 bits per heavy atom. The lowest BCUT2D eigenvalue weighted by Gasteiger charge is -1.86. The largest absolute Gasteiger partial charge is 0.235 e. The number of aliphatic imine (C=N–C) groups is 1. The van der Waals surface area contributed by atoms with Crippen LogP contribution < -0.4 is 0 Å². The maximum absolute atomic E-state index is 9.60. The highest BCUT2D eigenvalue weighted by Crippen LogP contribution is 2.01. The molecule has 1 aliphatic rings. The SMILES string of the molecule is O=C=NC1C=CC=C1. The van der Waals surface area contributed by atoms with E-state index in [9.17, 15) is 4.79 Å². The zero-order valence-corrected chi connectivity index (χ0v) is 4.24. The van der Waals surface area contributed by atoms with Gasteiger partial charge in [0, 0.05) is 0 Å². The molecular weight excluding hydrogens is 102 g/mol. The molecule has 0 saturated carbocycles. The minimum atomic E-state index is -0.0486. The molecule has 8 heavy (non-hydrogen) atoms. The fourth-order valence-corrected chi connectivity index (χ4v) is 0.567. The monoisotopic (exact) mass is 107 g/mol. The van der Waals surface area contributed by atoms with E-state index in [2.05, 4.69) is 4.99 Å². The van der Waals surface area contributed by atoms with Crippen LogP contribution in [-0.4, -0.2) is 12.1 Å². The molecule has 1 aliphatic carbocycles. The Labute approximate surface area is 47.2 Å². The molecule has 0 aromatic carbocycles. The highest BCUT2D eigenvalue weighted by molar-refractivity contribution is 5.37. The normalized spacial score (nSPS) is 16.5. The molecular formula is C6H5NO. The summed E-state index contributed by atoms with van der Waals surface area (Å²) in [5, 5.41) is 0. The summed E-state index contributed by atoms with van der Waals surface area (Å²) in [7, 11) is 0. The third-order valence-electron chi connectivity index (χ3n) is 0.929. The molecule has 0 bridgehead atoms. The summed E-state index contributed by atoms with van der Waals surface area (Å²) >= 11 is 0. The van der Waals surface area contributed by atoms with Gasteiger partial charge in [-0.15, -0.1) is 0 Å². The zero-order valence-electron chi connectivity index (χ0n) is 4.24. The molecule has 0 saturated heterocycles. The highest BCUT2D eigenvalue weighted by Gasteiger charge is 1.96. The van der Waals surface area contributed by atoms with Crippen molar-refractivity contribution < 1.29 is 4.79 Å². The van der Waals surface area contributed by atoms with Crippen LogP contribution in [0, 0.1) is 0 Å². The maximum Gasteiger partial charge on any atom is 0.235 e. The summed E-state index contributed by atoms with van der Waals surface area (Å²) in [4.78, 5) is 13.0. The van der Waals surface area contributed by atoms with Gasteiger partial charge in [-0.3, -0.25) is 0 Å². The summed E-state index contributed by atoms with van der Waals surface area (Å²) < 4.78 is 0. The van der Waals surface area contributed by atoms with Crippen molar-refractivity contribution in [2.45, 2.75) is 6.04 Å². The van der Waals surface area contributed by atoms with Gasteiger partial charge in [-0.25, -0.2) is 4.79 Å². The summed E-state index contributed by atoms with van der Waals surface area (Å²) in [6.45, 7) is 0. The number of isocyanates is 1. The molecule has 0 atom stereocenters. The quantitative estimate of drug-likeness (QED) is 0.360. The van der Waals surface area contributed by atoms with Gasteiger partial charge in [-0.2, -0.15) is 4.99 Å². The molecule has 0 unspecified atom stereocenters. The summed E-state index contributed by atoms with van der Waals surface area (Å²) in [6.07, 6.45) is 8.84. The van der Waals surface area contributed by atoms with Crippen molar-refractivity contribution >= 4 is 6.08 Å². The third kappa shape index (κ3) is 0.922. The zero-order chi connectivity index (χ0) is 5.82. The lowest BCUT2D eigenvalue weighted by atomic mass is 10.4. The number of allylic oxidation sites excluding steroid dienone is 2. The van der Waals surface area contributed by atoms with E-state index in [1.807, 2.05) is 24.3 Å². The van der Waals surface area contributed by atoms with Gasteiger partial charge in [-0.1, -0.05) is 24.3 Å². The predicted molar refractivity (Wildman–Crippen MR) is 30.2 cm³/mol. The Morgan fingerprint density at radius 3 is 2.50 bits per heavy atom. The highest BCUT2D eigenvalue weighted by atomic mass is 16.1. The minimum Gasteiger partial charge on any atom is -0.211 e. The first-order valence-corrected chi connectivity index (χ1v) is 2.35. The lowest BCUT2D eigenvalue weighted by Crippen LogP contribution is -1.87. The molecule has 0 aromatic heterocycles. The molecule has 0 fully saturated rings. The van der Waals surface area contributed by atoms with Crippen molar-refractivity contribution in [2.75, 3.05) is 0 Å². The number of hydrogen-bond acceptors (Lipinski definition) is 2.